The van der Waals surface area contributed by atoms with Gasteiger partial charge in [-0.2, -0.15) is 0 Å². The van der Waals surface area contributed by atoms with E-state index in [1.807, 2.05) is 77.7 Å². The van der Waals surface area contributed by atoms with E-state index in [1.54, 1.807) is 0 Å². The van der Waals surface area contributed by atoms with Gasteiger partial charge in [0.15, 0.2) is 0 Å². The highest BCUT2D eigenvalue weighted by Crippen LogP contribution is 2.50. The molecule has 1 heteroatoms. The molecule has 266 valence electrons. The highest BCUT2D eigenvalue weighted by molar-refractivity contribution is 5.89. The Balaban J connectivity index is 1.11. The lowest BCUT2D eigenvalue weighted by Crippen LogP contribution is -2.16. The van der Waals surface area contributed by atoms with Gasteiger partial charge in [0.05, 0.1) is 5.48 Å². The van der Waals surface area contributed by atoms with Crippen molar-refractivity contribution < 1.29 is 5.48 Å². The lowest BCUT2D eigenvalue weighted by molar-refractivity contribution is 0.660. The fourth-order valence-corrected chi connectivity index (χ4v) is 8.34. The molecule has 1 nitrogen and oxygen atoms in total. The van der Waals surface area contributed by atoms with Crippen molar-refractivity contribution in [3.05, 3.63) is 223 Å². The molecule has 0 spiro atoms. The molecule has 0 atom stereocenters. The van der Waals surface area contributed by atoms with Crippen LogP contribution in [0, 0.1) is 0 Å². The molecule has 0 amide bonds. The Morgan fingerprint density at radius 2 is 0.857 bits per heavy atom. The van der Waals surface area contributed by atoms with Crippen LogP contribution in [0.1, 0.15) is 30.5 Å². The van der Waals surface area contributed by atoms with Crippen molar-refractivity contribution in [1.29, 1.82) is 0 Å². The second-order valence-corrected chi connectivity index (χ2v) is 15.1. The van der Waals surface area contributed by atoms with E-state index in [0.717, 1.165) is 66.7 Å². The largest absolute Gasteiger partial charge is 0.310 e. The van der Waals surface area contributed by atoms with Crippen LogP contribution in [-0.4, -0.2) is 0 Å². The zero-order valence-electron chi connectivity index (χ0n) is 35.3. The summed E-state index contributed by atoms with van der Waals surface area (Å²) in [5.41, 5.74) is 13.4. The molecule has 56 heavy (non-hydrogen) atoms. The Morgan fingerprint density at radius 3 is 1.59 bits per heavy atom. The third kappa shape index (κ3) is 5.99. The first kappa shape index (κ1) is 29.4. The lowest BCUT2D eigenvalue weighted by Gasteiger charge is -2.28. The number of nitrogens with zero attached hydrogens (tertiary/aromatic N) is 1. The van der Waals surface area contributed by atoms with E-state index in [0.29, 0.717) is 5.56 Å². The van der Waals surface area contributed by atoms with E-state index in [9.17, 15) is 5.48 Å². The molecule has 0 unspecified atom stereocenters. The van der Waals surface area contributed by atoms with Gasteiger partial charge in [0.25, 0.3) is 0 Å². The fourth-order valence-electron chi connectivity index (χ4n) is 8.34. The first-order valence-electron chi connectivity index (χ1n) is 21.2. The topological polar surface area (TPSA) is 3.24 Å². The third-order valence-electron chi connectivity index (χ3n) is 11.3. The first-order valence-corrected chi connectivity index (χ1v) is 19.2. The second-order valence-electron chi connectivity index (χ2n) is 15.1. The molecule has 0 radical (unpaired) electrons. The van der Waals surface area contributed by atoms with Crippen LogP contribution < -0.4 is 4.90 Å². The Bertz CT molecular complexity index is 3090. The summed E-state index contributed by atoms with van der Waals surface area (Å²) in [5.74, 6) is 0. The van der Waals surface area contributed by atoms with Crippen molar-refractivity contribution in [1.82, 2.24) is 0 Å². The molecule has 10 rings (SSSR count). The maximum Gasteiger partial charge on any atom is 0.0645 e. The van der Waals surface area contributed by atoms with Crippen LogP contribution in [0.3, 0.4) is 0 Å². The van der Waals surface area contributed by atoms with Gasteiger partial charge in [-0.15, -0.1) is 0 Å². The summed E-state index contributed by atoms with van der Waals surface area (Å²) in [7, 11) is 0. The number of hydrogen-bond acceptors (Lipinski definition) is 1. The van der Waals surface area contributed by atoms with Crippen LogP contribution in [0.5, 0.6) is 0 Å². The predicted molar refractivity (Wildman–Crippen MR) is 238 cm³/mol. The highest BCUT2D eigenvalue weighted by atomic mass is 15.1. The molecule has 0 bridgehead atoms. The van der Waals surface area contributed by atoms with Crippen molar-refractivity contribution in [2.24, 2.45) is 0 Å². The molecule has 9 aromatic rings. The van der Waals surface area contributed by atoms with Gasteiger partial charge in [-0.1, -0.05) is 172 Å². The Hall–Kier alpha value is -6.96. The van der Waals surface area contributed by atoms with Gasteiger partial charge in [-0.3, -0.25) is 0 Å². The molecule has 1 aliphatic carbocycles. The van der Waals surface area contributed by atoms with Gasteiger partial charge in [-0.25, -0.2) is 0 Å². The van der Waals surface area contributed by atoms with Crippen LogP contribution in [-0.2, 0) is 5.41 Å². The molecule has 1 aliphatic rings. The maximum atomic E-state index is 9.65. The standard InChI is InChI=1S/C55H41N/c1-55(2)53-21-9-8-20-51(53)52-33-32-50(37-54(52)55)56(48-28-24-40(25-29-48)44-17-10-16-43(34-44)38-12-4-3-5-13-38)49-30-26-41(27-31-49)45-18-11-19-46(35-45)47-23-22-39-14-6-7-15-42(39)36-47/h3-37H,1-2H3/i26D,27D,30D,31D. The number of benzene rings is 9. The quantitative estimate of drug-likeness (QED) is 0.159. The van der Waals surface area contributed by atoms with Crippen molar-refractivity contribution >= 4 is 27.8 Å². The zero-order valence-corrected chi connectivity index (χ0v) is 31.3. The van der Waals surface area contributed by atoms with Crippen molar-refractivity contribution in [2.45, 2.75) is 19.3 Å². The average Bonchev–Trinajstić information content (AvgIpc) is 3.52. The normalized spacial score (nSPS) is 13.6. The molecule has 0 saturated carbocycles. The summed E-state index contributed by atoms with van der Waals surface area (Å²) in [6.45, 7) is 4.47. The van der Waals surface area contributed by atoms with Crippen molar-refractivity contribution in [2.75, 3.05) is 4.90 Å². The van der Waals surface area contributed by atoms with Crippen LogP contribution in [0.25, 0.3) is 66.4 Å². The van der Waals surface area contributed by atoms with Gasteiger partial charge in [0.1, 0.15) is 0 Å². The average molecular weight is 720 g/mol. The van der Waals surface area contributed by atoms with Crippen LogP contribution in [0.2, 0.25) is 0 Å². The van der Waals surface area contributed by atoms with E-state index in [4.69, 9.17) is 0 Å². The fraction of sp³-hybridized carbons (Fsp3) is 0.0545. The van der Waals surface area contributed by atoms with E-state index in [2.05, 4.69) is 129 Å². The van der Waals surface area contributed by atoms with Gasteiger partial charge in [-0.05, 0) is 132 Å². The minimum Gasteiger partial charge on any atom is -0.310 e. The molecule has 0 fully saturated rings. The molecule has 0 aliphatic heterocycles. The summed E-state index contributed by atoms with van der Waals surface area (Å²) in [6, 6.07) is 63.8. The maximum absolute atomic E-state index is 9.65. The van der Waals surface area contributed by atoms with Crippen molar-refractivity contribution in [3.8, 4) is 55.6 Å². The predicted octanol–water partition coefficient (Wildman–Crippen LogP) is 15.3. The summed E-state index contributed by atoms with van der Waals surface area (Å²) in [6.07, 6.45) is 0. The minimum absolute atomic E-state index is 0.0881. The number of rotatable bonds is 7. The summed E-state index contributed by atoms with van der Waals surface area (Å²) >= 11 is 0. The molecule has 0 saturated heterocycles. The summed E-state index contributed by atoms with van der Waals surface area (Å²) in [5, 5.41) is 2.28. The Kier molecular flexibility index (Phi) is 7.20. The summed E-state index contributed by atoms with van der Waals surface area (Å²) < 4.78 is 38.3. The van der Waals surface area contributed by atoms with E-state index in [1.165, 1.54) is 11.1 Å². The second kappa shape index (κ2) is 13.7. The molecule has 0 aromatic heterocycles. The third-order valence-corrected chi connectivity index (χ3v) is 11.3. The molecular formula is C55H41N. The van der Waals surface area contributed by atoms with Gasteiger partial charge in [0, 0.05) is 22.5 Å². The monoisotopic (exact) mass is 719 g/mol. The smallest absolute Gasteiger partial charge is 0.0645 e. The van der Waals surface area contributed by atoms with E-state index in [-0.39, 0.29) is 40.8 Å². The van der Waals surface area contributed by atoms with E-state index >= 15 is 0 Å². The van der Waals surface area contributed by atoms with E-state index < -0.39 is 0 Å². The number of anilines is 3. The zero-order chi connectivity index (χ0) is 41.1. The minimum atomic E-state index is -0.282. The van der Waals surface area contributed by atoms with Crippen LogP contribution in [0.4, 0.5) is 17.1 Å². The lowest BCUT2D eigenvalue weighted by atomic mass is 9.82. The number of hydrogen-bond donors (Lipinski definition) is 0. The molecule has 9 aromatic carbocycles. The van der Waals surface area contributed by atoms with Crippen LogP contribution >= 0.6 is 0 Å². The Morgan fingerprint density at radius 1 is 0.339 bits per heavy atom. The van der Waals surface area contributed by atoms with Crippen LogP contribution in [0.15, 0.2) is 212 Å². The first-order chi connectivity index (χ1) is 29.2. The van der Waals surface area contributed by atoms with Gasteiger partial charge < -0.3 is 4.90 Å². The highest BCUT2D eigenvalue weighted by Gasteiger charge is 2.35. The molecular weight excluding hydrogens is 675 g/mol. The Labute approximate surface area is 335 Å². The molecule has 0 heterocycles. The number of fused-ring (bicyclic) bond motifs is 4. The summed E-state index contributed by atoms with van der Waals surface area (Å²) in [4.78, 5) is 1.90. The van der Waals surface area contributed by atoms with Crippen molar-refractivity contribution in [3.63, 3.8) is 0 Å². The SMILES string of the molecule is [2H]c1c([2H])c(N(c2ccc(-c3cccc(-c4ccccc4)c3)cc2)c2ccc3c(c2)C(C)(C)c2ccccc2-3)c([2H])c([2H])c1-c1cccc(-c2ccc3ccccc3c2)c1. The molecule has 0 N–H and O–H groups in total. The van der Waals surface area contributed by atoms with Gasteiger partial charge in [0.2, 0.25) is 0 Å². The van der Waals surface area contributed by atoms with Gasteiger partial charge >= 0.3 is 0 Å².